The molecule has 4 rings (SSSR count). The van der Waals surface area contributed by atoms with Crippen molar-refractivity contribution in [2.45, 2.75) is 26.1 Å². The highest BCUT2D eigenvalue weighted by atomic mass is 16.6. The molecule has 3 heterocycles. The van der Waals surface area contributed by atoms with Gasteiger partial charge < -0.3 is 14.2 Å². The number of rotatable bonds is 4. The van der Waals surface area contributed by atoms with Crippen molar-refractivity contribution >= 4 is 0 Å². The SMILES string of the molecule is Cc1cnn(CC2CN(Cc3ccc4c(c3)OCCO4)CCO2)c1. The van der Waals surface area contributed by atoms with Crippen molar-refractivity contribution in [1.29, 1.82) is 0 Å². The molecule has 2 aliphatic rings. The molecule has 1 aromatic heterocycles. The van der Waals surface area contributed by atoms with Gasteiger partial charge in [0.05, 0.1) is 25.5 Å². The predicted octanol–water partition coefficient (Wildman–Crippen LogP) is 1.86. The highest BCUT2D eigenvalue weighted by Crippen LogP contribution is 2.31. The number of morpholine rings is 1. The fourth-order valence-electron chi connectivity index (χ4n) is 3.25. The number of hydrogen-bond acceptors (Lipinski definition) is 5. The van der Waals surface area contributed by atoms with E-state index in [1.165, 1.54) is 11.1 Å². The van der Waals surface area contributed by atoms with Crippen molar-refractivity contribution in [1.82, 2.24) is 14.7 Å². The van der Waals surface area contributed by atoms with E-state index >= 15 is 0 Å². The number of aromatic nitrogens is 2. The fraction of sp³-hybridized carbons (Fsp3) is 0.500. The third kappa shape index (κ3) is 3.55. The van der Waals surface area contributed by atoms with Gasteiger partial charge in [-0.3, -0.25) is 9.58 Å². The third-order valence-corrected chi connectivity index (χ3v) is 4.39. The molecule has 6 nitrogen and oxygen atoms in total. The molecule has 0 amide bonds. The Bertz CT molecular complexity index is 701. The van der Waals surface area contributed by atoms with E-state index in [9.17, 15) is 0 Å². The van der Waals surface area contributed by atoms with Crippen molar-refractivity contribution in [2.75, 3.05) is 32.9 Å². The number of fused-ring (bicyclic) bond motifs is 1. The van der Waals surface area contributed by atoms with Crippen molar-refractivity contribution in [3.05, 3.63) is 41.7 Å². The largest absolute Gasteiger partial charge is 0.486 e. The maximum Gasteiger partial charge on any atom is 0.161 e. The van der Waals surface area contributed by atoms with E-state index in [0.717, 1.165) is 44.3 Å². The molecule has 0 radical (unpaired) electrons. The van der Waals surface area contributed by atoms with E-state index in [0.29, 0.717) is 13.2 Å². The normalized spacial score (nSPS) is 21.0. The summed E-state index contributed by atoms with van der Waals surface area (Å²) in [6, 6.07) is 6.22. The summed E-state index contributed by atoms with van der Waals surface area (Å²) in [6.45, 7) is 7.62. The van der Waals surface area contributed by atoms with Crippen molar-refractivity contribution < 1.29 is 14.2 Å². The molecular formula is C18H23N3O3. The topological polar surface area (TPSA) is 48.8 Å². The van der Waals surface area contributed by atoms with Crippen molar-refractivity contribution in [2.24, 2.45) is 0 Å². The lowest BCUT2D eigenvalue weighted by molar-refractivity contribution is -0.0402. The molecule has 0 saturated carbocycles. The average molecular weight is 329 g/mol. The van der Waals surface area contributed by atoms with Crippen LogP contribution in [0, 0.1) is 6.92 Å². The van der Waals surface area contributed by atoms with Gasteiger partial charge in [-0.15, -0.1) is 0 Å². The van der Waals surface area contributed by atoms with Crippen LogP contribution in [0.1, 0.15) is 11.1 Å². The number of nitrogens with zero attached hydrogens (tertiary/aromatic N) is 3. The summed E-state index contributed by atoms with van der Waals surface area (Å²) in [6.07, 6.45) is 4.12. The van der Waals surface area contributed by atoms with E-state index < -0.39 is 0 Å². The fourth-order valence-corrected chi connectivity index (χ4v) is 3.25. The van der Waals surface area contributed by atoms with E-state index in [4.69, 9.17) is 14.2 Å². The van der Waals surface area contributed by atoms with E-state index in [-0.39, 0.29) is 6.10 Å². The Morgan fingerprint density at radius 1 is 1.17 bits per heavy atom. The lowest BCUT2D eigenvalue weighted by Gasteiger charge is -2.33. The van der Waals surface area contributed by atoms with Gasteiger partial charge in [0.1, 0.15) is 13.2 Å². The van der Waals surface area contributed by atoms with Crippen LogP contribution in [0.4, 0.5) is 0 Å². The first kappa shape index (κ1) is 15.5. The van der Waals surface area contributed by atoms with Crippen molar-refractivity contribution in [3.8, 4) is 11.5 Å². The van der Waals surface area contributed by atoms with E-state index in [1.807, 2.05) is 16.9 Å². The molecule has 128 valence electrons. The predicted molar refractivity (Wildman–Crippen MR) is 89.4 cm³/mol. The van der Waals surface area contributed by atoms with Crippen LogP contribution >= 0.6 is 0 Å². The van der Waals surface area contributed by atoms with E-state index in [1.54, 1.807) is 0 Å². The first-order valence-electron chi connectivity index (χ1n) is 8.48. The van der Waals surface area contributed by atoms with Gasteiger partial charge in [-0.25, -0.2) is 0 Å². The maximum atomic E-state index is 5.90. The average Bonchev–Trinajstić information content (AvgIpc) is 3.00. The molecule has 1 aromatic carbocycles. The van der Waals surface area contributed by atoms with Gasteiger partial charge in [-0.1, -0.05) is 6.07 Å². The second-order valence-corrected chi connectivity index (χ2v) is 6.45. The summed E-state index contributed by atoms with van der Waals surface area (Å²) in [5.41, 5.74) is 2.42. The van der Waals surface area contributed by atoms with Crippen LogP contribution in [0.15, 0.2) is 30.6 Å². The molecule has 1 fully saturated rings. The van der Waals surface area contributed by atoms with E-state index in [2.05, 4.69) is 35.3 Å². The van der Waals surface area contributed by atoms with Crippen LogP contribution < -0.4 is 9.47 Å². The monoisotopic (exact) mass is 329 g/mol. The third-order valence-electron chi connectivity index (χ3n) is 4.39. The van der Waals surface area contributed by atoms with Gasteiger partial charge in [-0.05, 0) is 30.2 Å². The van der Waals surface area contributed by atoms with Crippen molar-refractivity contribution in [3.63, 3.8) is 0 Å². The highest BCUT2D eigenvalue weighted by molar-refractivity contribution is 5.43. The lowest BCUT2D eigenvalue weighted by Crippen LogP contribution is -2.43. The number of aryl methyl sites for hydroxylation is 1. The number of benzene rings is 1. The summed E-state index contributed by atoms with van der Waals surface area (Å²) in [5, 5.41) is 4.35. The quantitative estimate of drug-likeness (QED) is 0.857. The Balaban J connectivity index is 1.37. The van der Waals surface area contributed by atoms with Crippen LogP contribution in [0.2, 0.25) is 0 Å². The minimum Gasteiger partial charge on any atom is -0.486 e. The van der Waals surface area contributed by atoms with Gasteiger partial charge in [0.15, 0.2) is 11.5 Å². The highest BCUT2D eigenvalue weighted by Gasteiger charge is 2.22. The number of hydrogen-bond donors (Lipinski definition) is 0. The van der Waals surface area contributed by atoms with Gasteiger partial charge in [0, 0.05) is 25.8 Å². The molecule has 0 bridgehead atoms. The summed E-state index contributed by atoms with van der Waals surface area (Å²) < 4.78 is 19.1. The summed E-state index contributed by atoms with van der Waals surface area (Å²) >= 11 is 0. The minimum absolute atomic E-state index is 0.176. The molecule has 0 N–H and O–H groups in total. The molecule has 24 heavy (non-hydrogen) atoms. The molecule has 2 aromatic rings. The Morgan fingerprint density at radius 2 is 2.04 bits per heavy atom. The van der Waals surface area contributed by atoms with Crippen LogP contribution in [-0.2, 0) is 17.8 Å². The van der Waals surface area contributed by atoms with Crippen LogP contribution in [0.3, 0.4) is 0 Å². The first-order valence-corrected chi connectivity index (χ1v) is 8.48. The maximum absolute atomic E-state index is 5.90. The zero-order valence-corrected chi connectivity index (χ0v) is 14.0. The zero-order chi connectivity index (χ0) is 16.4. The first-order chi connectivity index (χ1) is 11.8. The van der Waals surface area contributed by atoms with Gasteiger partial charge >= 0.3 is 0 Å². The summed E-state index contributed by atoms with van der Waals surface area (Å²) in [4.78, 5) is 2.43. The van der Waals surface area contributed by atoms with Gasteiger partial charge in [-0.2, -0.15) is 5.10 Å². The Labute approximate surface area is 141 Å². The Kier molecular flexibility index (Phi) is 4.40. The summed E-state index contributed by atoms with van der Waals surface area (Å²) in [7, 11) is 0. The standard InChI is InChI=1S/C18H23N3O3/c1-14-9-19-21(10-14)13-16-12-20(4-5-22-16)11-15-2-3-17-18(8-15)24-7-6-23-17/h2-3,8-10,16H,4-7,11-13H2,1H3. The zero-order valence-electron chi connectivity index (χ0n) is 14.0. The minimum atomic E-state index is 0.176. The van der Waals surface area contributed by atoms with Crippen LogP contribution in [-0.4, -0.2) is 53.7 Å². The smallest absolute Gasteiger partial charge is 0.161 e. The van der Waals surface area contributed by atoms with Gasteiger partial charge in [0.25, 0.3) is 0 Å². The number of ether oxygens (including phenoxy) is 3. The molecule has 6 heteroatoms. The molecule has 1 saturated heterocycles. The lowest BCUT2D eigenvalue weighted by atomic mass is 10.1. The second-order valence-electron chi connectivity index (χ2n) is 6.45. The molecule has 1 unspecified atom stereocenters. The summed E-state index contributed by atoms with van der Waals surface area (Å²) in [5.74, 6) is 1.70. The molecule has 1 atom stereocenters. The Morgan fingerprint density at radius 3 is 2.88 bits per heavy atom. The van der Waals surface area contributed by atoms with Gasteiger partial charge in [0.2, 0.25) is 0 Å². The second kappa shape index (κ2) is 6.83. The van der Waals surface area contributed by atoms with Crippen LogP contribution in [0.5, 0.6) is 11.5 Å². The van der Waals surface area contributed by atoms with Crippen LogP contribution in [0.25, 0.3) is 0 Å². The molecular weight excluding hydrogens is 306 g/mol. The molecule has 0 spiro atoms. The Hall–Kier alpha value is -2.05. The molecule has 2 aliphatic heterocycles. The molecule has 0 aliphatic carbocycles.